The summed E-state index contributed by atoms with van der Waals surface area (Å²) in [4.78, 5) is 17.9. The van der Waals surface area contributed by atoms with E-state index in [9.17, 15) is 9.90 Å². The molecule has 0 radical (unpaired) electrons. The van der Waals surface area contributed by atoms with Crippen LogP contribution in [-0.2, 0) is 10.3 Å². The smallest absolute Gasteiger partial charge is 0.337 e. The lowest BCUT2D eigenvalue weighted by Gasteiger charge is -2.13. The summed E-state index contributed by atoms with van der Waals surface area (Å²) in [6.45, 7) is 5.37. The largest absolute Gasteiger partial charge is 0.496 e. The number of hydrogen-bond acceptors (Lipinski definition) is 9. The van der Waals surface area contributed by atoms with Gasteiger partial charge in [-0.25, -0.2) is 14.3 Å². The Morgan fingerprint density at radius 2 is 1.91 bits per heavy atom. The fraction of sp³-hybridized carbons (Fsp3) is 0.261. The highest BCUT2D eigenvalue weighted by molar-refractivity contribution is 8.00. The van der Waals surface area contributed by atoms with E-state index < -0.39 is 5.60 Å². The number of ether oxygens (including phenoxy) is 2. The van der Waals surface area contributed by atoms with Crippen LogP contribution in [0.2, 0.25) is 0 Å². The van der Waals surface area contributed by atoms with Gasteiger partial charge in [0, 0.05) is 11.3 Å². The van der Waals surface area contributed by atoms with Crippen LogP contribution in [0.25, 0.3) is 16.2 Å². The van der Waals surface area contributed by atoms with Crippen LogP contribution in [-0.4, -0.2) is 39.9 Å². The number of aliphatic hydroxyl groups is 1. The quantitative estimate of drug-likeness (QED) is 0.282. The number of methoxy groups -OCH3 is 2. The lowest BCUT2D eigenvalue weighted by molar-refractivity contribution is 0.0600. The van der Waals surface area contributed by atoms with E-state index in [2.05, 4.69) is 14.8 Å². The number of anilines is 1. The van der Waals surface area contributed by atoms with Gasteiger partial charge >= 0.3 is 5.97 Å². The summed E-state index contributed by atoms with van der Waals surface area (Å²) in [5.74, 6) is 0.345. The number of esters is 1. The number of carbonyl (C=O) groups excluding carboxylic acids is 1. The van der Waals surface area contributed by atoms with Gasteiger partial charge in [-0.15, -0.1) is 0 Å². The molecule has 0 fully saturated rings. The van der Waals surface area contributed by atoms with Gasteiger partial charge in [-0.05, 0) is 75.2 Å². The molecule has 0 unspecified atom stereocenters. The molecule has 10 heteroatoms. The minimum absolute atomic E-state index is 0.374. The normalized spacial score (nSPS) is 11.6. The summed E-state index contributed by atoms with van der Waals surface area (Å²) < 4.78 is 15.3. The van der Waals surface area contributed by atoms with Crippen molar-refractivity contribution < 1.29 is 19.4 Å². The van der Waals surface area contributed by atoms with Crippen molar-refractivity contribution in [3.8, 4) is 17.0 Å². The van der Waals surface area contributed by atoms with Gasteiger partial charge in [-0.3, -0.25) is 0 Å². The minimum Gasteiger partial charge on any atom is -0.496 e. The number of nitrogens with zero attached hydrogens (tertiary/aromatic N) is 3. The molecule has 0 aliphatic rings. The zero-order valence-electron chi connectivity index (χ0n) is 18.9. The van der Waals surface area contributed by atoms with Crippen LogP contribution in [0.15, 0.2) is 47.4 Å². The average molecular weight is 485 g/mol. The van der Waals surface area contributed by atoms with Crippen molar-refractivity contribution in [1.82, 2.24) is 14.6 Å². The number of imidazole rings is 1. The zero-order chi connectivity index (χ0) is 23.8. The first-order valence-corrected chi connectivity index (χ1v) is 11.7. The van der Waals surface area contributed by atoms with Crippen LogP contribution in [0.1, 0.15) is 34.9 Å². The molecule has 0 saturated heterocycles. The first-order chi connectivity index (χ1) is 15.7. The van der Waals surface area contributed by atoms with E-state index in [4.69, 9.17) is 9.47 Å². The highest BCUT2D eigenvalue weighted by atomic mass is 32.2. The average Bonchev–Trinajstić information content (AvgIpc) is 3.34. The van der Waals surface area contributed by atoms with Crippen molar-refractivity contribution in [3.05, 3.63) is 58.7 Å². The summed E-state index contributed by atoms with van der Waals surface area (Å²) in [6, 6.07) is 12.9. The van der Waals surface area contributed by atoms with Crippen LogP contribution in [0, 0.1) is 6.92 Å². The number of fused-ring (bicyclic) bond motifs is 1. The van der Waals surface area contributed by atoms with Crippen LogP contribution in [0.3, 0.4) is 0 Å². The van der Waals surface area contributed by atoms with Gasteiger partial charge in [0.05, 0.1) is 36.1 Å². The second-order valence-electron chi connectivity index (χ2n) is 7.85. The first kappa shape index (κ1) is 23.1. The Balaban J connectivity index is 1.64. The molecule has 172 valence electrons. The molecule has 0 saturated carbocycles. The number of hydrogen-bond donors (Lipinski definition) is 2. The fourth-order valence-electron chi connectivity index (χ4n) is 3.24. The standard InChI is InChI=1S/C23H24N4O4S2/c1-13-19(27-22(24-13)32-21(25-27)23(2,3)29)15-8-11-17(30-4)18(12-15)33-26-16-9-6-14(7-10-16)20(28)31-5/h6-12,26,29H,1-5H3. The maximum Gasteiger partial charge on any atom is 0.337 e. The third-order valence-electron chi connectivity index (χ3n) is 4.92. The summed E-state index contributed by atoms with van der Waals surface area (Å²) in [6.07, 6.45) is 0. The highest BCUT2D eigenvalue weighted by Gasteiger charge is 2.24. The first-order valence-electron chi connectivity index (χ1n) is 10.1. The molecule has 0 aliphatic carbocycles. The number of benzene rings is 2. The molecule has 0 spiro atoms. The van der Waals surface area contributed by atoms with E-state index in [0.29, 0.717) is 10.6 Å². The van der Waals surface area contributed by atoms with E-state index >= 15 is 0 Å². The molecule has 2 aromatic heterocycles. The van der Waals surface area contributed by atoms with Crippen molar-refractivity contribution in [2.45, 2.75) is 31.3 Å². The number of nitrogens with one attached hydrogen (secondary N) is 1. The van der Waals surface area contributed by atoms with E-state index in [1.54, 1.807) is 37.6 Å². The molecular weight excluding hydrogens is 460 g/mol. The Labute approximate surface area is 199 Å². The maximum absolute atomic E-state index is 11.6. The van der Waals surface area contributed by atoms with Crippen LogP contribution < -0.4 is 9.46 Å². The predicted octanol–water partition coefficient (Wildman–Crippen LogP) is 4.91. The highest BCUT2D eigenvalue weighted by Crippen LogP contribution is 2.37. The zero-order valence-corrected chi connectivity index (χ0v) is 20.5. The predicted molar refractivity (Wildman–Crippen MR) is 130 cm³/mol. The Morgan fingerprint density at radius 1 is 1.18 bits per heavy atom. The second kappa shape index (κ2) is 9.05. The number of rotatable bonds is 7. The van der Waals surface area contributed by atoms with E-state index in [0.717, 1.165) is 38.2 Å². The van der Waals surface area contributed by atoms with E-state index in [1.807, 2.05) is 37.3 Å². The summed E-state index contributed by atoms with van der Waals surface area (Å²) >= 11 is 2.77. The van der Waals surface area contributed by atoms with Crippen molar-refractivity contribution >= 4 is 39.9 Å². The third-order valence-corrected chi connectivity index (χ3v) is 7.02. The Bertz CT molecular complexity index is 1310. The van der Waals surface area contributed by atoms with E-state index in [1.165, 1.54) is 30.4 Å². The molecule has 0 aliphatic heterocycles. The molecule has 2 aromatic carbocycles. The molecule has 2 heterocycles. The summed E-state index contributed by atoms with van der Waals surface area (Å²) in [5.41, 5.74) is 2.93. The van der Waals surface area contributed by atoms with Gasteiger partial charge in [0.15, 0.2) is 0 Å². The van der Waals surface area contributed by atoms with Crippen molar-refractivity contribution in [1.29, 1.82) is 0 Å². The maximum atomic E-state index is 11.6. The molecule has 4 aromatic rings. The van der Waals surface area contributed by atoms with E-state index in [-0.39, 0.29) is 5.97 Å². The lowest BCUT2D eigenvalue weighted by atomic mass is 10.1. The molecule has 4 rings (SSSR count). The van der Waals surface area contributed by atoms with Gasteiger partial charge in [0.25, 0.3) is 0 Å². The van der Waals surface area contributed by atoms with Crippen LogP contribution in [0.4, 0.5) is 5.69 Å². The molecule has 0 bridgehead atoms. The van der Waals surface area contributed by atoms with Gasteiger partial charge in [0.2, 0.25) is 4.96 Å². The summed E-state index contributed by atoms with van der Waals surface area (Å²) in [7, 11) is 2.99. The molecule has 2 N–H and O–H groups in total. The molecular formula is C23H24N4O4S2. The molecule has 0 atom stereocenters. The van der Waals surface area contributed by atoms with Crippen LogP contribution >= 0.6 is 23.3 Å². The summed E-state index contributed by atoms with van der Waals surface area (Å²) in [5, 5.41) is 15.6. The third kappa shape index (κ3) is 4.68. The SMILES string of the molecule is COC(=O)c1ccc(NSc2cc(-c3c(C)nc4sc(C(C)(C)O)nn34)ccc2OC)cc1. The van der Waals surface area contributed by atoms with Crippen molar-refractivity contribution in [2.24, 2.45) is 0 Å². The Morgan fingerprint density at radius 3 is 2.55 bits per heavy atom. The second-order valence-corrected chi connectivity index (χ2v) is 9.65. The van der Waals surface area contributed by atoms with Crippen molar-refractivity contribution in [3.63, 3.8) is 0 Å². The monoisotopic (exact) mass is 484 g/mol. The number of aryl methyl sites for hydroxylation is 1. The topological polar surface area (TPSA) is 98.0 Å². The lowest BCUT2D eigenvalue weighted by Crippen LogP contribution is -2.15. The molecule has 33 heavy (non-hydrogen) atoms. The minimum atomic E-state index is -1.04. The van der Waals surface area contributed by atoms with Gasteiger partial charge in [0.1, 0.15) is 16.4 Å². The molecule has 0 amide bonds. The van der Waals surface area contributed by atoms with Crippen molar-refractivity contribution in [2.75, 3.05) is 18.9 Å². The number of aromatic nitrogens is 3. The van der Waals surface area contributed by atoms with Crippen LogP contribution in [0.5, 0.6) is 5.75 Å². The number of carbonyl (C=O) groups is 1. The van der Waals surface area contributed by atoms with Gasteiger partial charge < -0.3 is 19.3 Å². The molecule has 8 nitrogen and oxygen atoms in total. The van der Waals surface area contributed by atoms with Gasteiger partial charge in [-0.2, -0.15) is 5.10 Å². The Hall–Kier alpha value is -3.08. The van der Waals surface area contributed by atoms with Gasteiger partial charge in [-0.1, -0.05) is 11.3 Å². The fourth-order valence-corrected chi connectivity index (χ4v) is 4.99. The Kier molecular flexibility index (Phi) is 6.33.